The van der Waals surface area contributed by atoms with Crippen LogP contribution in [0.4, 0.5) is 4.39 Å². The van der Waals surface area contributed by atoms with E-state index in [2.05, 4.69) is 12.2 Å². The number of nitrogens with one attached hydrogen (secondary N) is 1. The molecule has 1 aliphatic heterocycles. The number of halogens is 1. The zero-order valence-corrected chi connectivity index (χ0v) is 10.4. The molecule has 1 fully saturated rings. The summed E-state index contributed by atoms with van der Waals surface area (Å²) in [6, 6.07) is 3.72. The minimum absolute atomic E-state index is 0.0434. The van der Waals surface area contributed by atoms with E-state index in [9.17, 15) is 4.39 Å². The summed E-state index contributed by atoms with van der Waals surface area (Å²) < 4.78 is 13.6. The summed E-state index contributed by atoms with van der Waals surface area (Å²) in [6.07, 6.45) is 3.10. The molecule has 1 nitrogen and oxygen atoms in total. The summed E-state index contributed by atoms with van der Waals surface area (Å²) in [4.78, 5) is 0. The van der Waals surface area contributed by atoms with Gasteiger partial charge in [0.1, 0.15) is 5.82 Å². The smallest absolute Gasteiger partial charge is 0.126 e. The Morgan fingerprint density at radius 2 is 2.19 bits per heavy atom. The SMILES string of the molecule is CCc1cc(C2(C)CCCN2)c(C)cc1F. The molecule has 0 bridgehead atoms. The minimum atomic E-state index is -0.0645. The van der Waals surface area contributed by atoms with Gasteiger partial charge in [0.15, 0.2) is 0 Å². The van der Waals surface area contributed by atoms with Crippen LogP contribution >= 0.6 is 0 Å². The molecule has 0 spiro atoms. The zero-order valence-electron chi connectivity index (χ0n) is 10.4. The first-order chi connectivity index (χ1) is 7.57. The van der Waals surface area contributed by atoms with Crippen molar-refractivity contribution in [1.29, 1.82) is 0 Å². The summed E-state index contributed by atoms with van der Waals surface area (Å²) in [6.45, 7) is 7.29. The van der Waals surface area contributed by atoms with Crippen LogP contribution in [0.25, 0.3) is 0 Å². The van der Waals surface area contributed by atoms with E-state index >= 15 is 0 Å². The quantitative estimate of drug-likeness (QED) is 0.808. The molecule has 16 heavy (non-hydrogen) atoms. The van der Waals surface area contributed by atoms with Gasteiger partial charge in [-0.25, -0.2) is 4.39 Å². The number of rotatable bonds is 2. The van der Waals surface area contributed by atoms with Gasteiger partial charge in [0.05, 0.1) is 0 Å². The van der Waals surface area contributed by atoms with Crippen molar-refractivity contribution in [3.63, 3.8) is 0 Å². The highest BCUT2D eigenvalue weighted by Gasteiger charge is 2.31. The van der Waals surface area contributed by atoms with Crippen LogP contribution in [-0.2, 0) is 12.0 Å². The van der Waals surface area contributed by atoms with Gasteiger partial charge in [-0.3, -0.25) is 0 Å². The summed E-state index contributed by atoms with van der Waals surface area (Å²) in [7, 11) is 0. The van der Waals surface area contributed by atoms with Crippen LogP contribution in [-0.4, -0.2) is 6.54 Å². The second-order valence-corrected chi connectivity index (χ2v) is 4.97. The van der Waals surface area contributed by atoms with E-state index in [4.69, 9.17) is 0 Å². The van der Waals surface area contributed by atoms with Crippen LogP contribution in [0.3, 0.4) is 0 Å². The molecule has 1 aromatic rings. The van der Waals surface area contributed by atoms with Crippen LogP contribution in [0.2, 0.25) is 0 Å². The number of hydrogen-bond donors (Lipinski definition) is 1. The molecule has 1 heterocycles. The largest absolute Gasteiger partial charge is 0.308 e. The molecule has 1 aliphatic rings. The summed E-state index contributed by atoms with van der Waals surface area (Å²) >= 11 is 0. The third-order valence-corrected chi connectivity index (χ3v) is 3.74. The molecule has 0 aromatic heterocycles. The molecule has 0 aliphatic carbocycles. The highest BCUT2D eigenvalue weighted by molar-refractivity contribution is 5.37. The number of benzene rings is 1. The molecule has 1 aromatic carbocycles. The van der Waals surface area contributed by atoms with Gasteiger partial charge in [0.25, 0.3) is 0 Å². The van der Waals surface area contributed by atoms with E-state index in [1.807, 2.05) is 19.9 Å². The van der Waals surface area contributed by atoms with E-state index < -0.39 is 0 Å². The van der Waals surface area contributed by atoms with Gasteiger partial charge in [-0.15, -0.1) is 0 Å². The Balaban J connectivity index is 2.47. The predicted octanol–water partition coefficient (Wildman–Crippen LogP) is 3.30. The first kappa shape index (κ1) is 11.6. The van der Waals surface area contributed by atoms with Gasteiger partial charge in [-0.2, -0.15) is 0 Å². The number of aryl methyl sites for hydroxylation is 2. The standard InChI is InChI=1S/C14H20FN/c1-4-11-9-12(10(2)8-13(11)15)14(3)6-5-7-16-14/h8-9,16H,4-7H2,1-3H3. The van der Waals surface area contributed by atoms with E-state index in [-0.39, 0.29) is 11.4 Å². The Morgan fingerprint density at radius 3 is 2.75 bits per heavy atom. The Labute approximate surface area is 97.1 Å². The summed E-state index contributed by atoms with van der Waals surface area (Å²) in [5.41, 5.74) is 3.20. The molecule has 1 unspecified atom stereocenters. The molecule has 1 saturated heterocycles. The van der Waals surface area contributed by atoms with Crippen LogP contribution in [0.1, 0.15) is 43.4 Å². The summed E-state index contributed by atoms with van der Waals surface area (Å²) in [5, 5.41) is 3.54. The molecule has 0 radical (unpaired) electrons. The Bertz CT molecular complexity index is 392. The van der Waals surface area contributed by atoms with Crippen molar-refractivity contribution in [2.24, 2.45) is 0 Å². The maximum Gasteiger partial charge on any atom is 0.126 e. The second kappa shape index (κ2) is 4.17. The van der Waals surface area contributed by atoms with Gasteiger partial charge in [0.2, 0.25) is 0 Å². The molecular formula is C14H20FN. The zero-order chi connectivity index (χ0) is 11.8. The van der Waals surface area contributed by atoms with Crippen molar-refractivity contribution in [3.8, 4) is 0 Å². The molecule has 0 saturated carbocycles. The Hall–Kier alpha value is -0.890. The van der Waals surface area contributed by atoms with Crippen LogP contribution < -0.4 is 5.32 Å². The van der Waals surface area contributed by atoms with Crippen LogP contribution in [0.5, 0.6) is 0 Å². The van der Waals surface area contributed by atoms with Crippen molar-refractivity contribution < 1.29 is 4.39 Å². The topological polar surface area (TPSA) is 12.0 Å². The lowest BCUT2D eigenvalue weighted by molar-refractivity contribution is 0.430. The normalized spacial score (nSPS) is 25.0. The lowest BCUT2D eigenvalue weighted by Gasteiger charge is -2.27. The molecule has 1 N–H and O–H groups in total. The third kappa shape index (κ3) is 1.86. The fourth-order valence-electron chi connectivity index (χ4n) is 2.71. The van der Waals surface area contributed by atoms with Crippen molar-refractivity contribution in [1.82, 2.24) is 5.32 Å². The fourth-order valence-corrected chi connectivity index (χ4v) is 2.71. The average Bonchev–Trinajstić information content (AvgIpc) is 2.66. The Morgan fingerprint density at radius 1 is 1.44 bits per heavy atom. The third-order valence-electron chi connectivity index (χ3n) is 3.74. The first-order valence-corrected chi connectivity index (χ1v) is 6.11. The molecule has 88 valence electrons. The van der Waals surface area contributed by atoms with E-state index in [1.54, 1.807) is 6.07 Å². The maximum absolute atomic E-state index is 13.6. The maximum atomic E-state index is 13.6. The van der Waals surface area contributed by atoms with E-state index in [0.29, 0.717) is 0 Å². The predicted molar refractivity (Wildman–Crippen MR) is 65.1 cm³/mol. The fraction of sp³-hybridized carbons (Fsp3) is 0.571. The molecular weight excluding hydrogens is 201 g/mol. The van der Waals surface area contributed by atoms with Gasteiger partial charge >= 0.3 is 0 Å². The van der Waals surface area contributed by atoms with Gasteiger partial charge in [-0.05, 0) is 62.4 Å². The lowest BCUT2D eigenvalue weighted by Crippen LogP contribution is -2.34. The van der Waals surface area contributed by atoms with Crippen molar-refractivity contribution >= 4 is 0 Å². The molecule has 0 amide bonds. The van der Waals surface area contributed by atoms with E-state index in [1.165, 1.54) is 12.0 Å². The van der Waals surface area contributed by atoms with Gasteiger partial charge < -0.3 is 5.32 Å². The monoisotopic (exact) mass is 221 g/mol. The first-order valence-electron chi connectivity index (χ1n) is 6.11. The highest BCUT2D eigenvalue weighted by Crippen LogP contribution is 2.33. The van der Waals surface area contributed by atoms with E-state index in [0.717, 1.165) is 30.5 Å². The molecule has 1 atom stereocenters. The van der Waals surface area contributed by atoms with Gasteiger partial charge in [0, 0.05) is 5.54 Å². The Kier molecular flexibility index (Phi) is 3.02. The lowest BCUT2D eigenvalue weighted by atomic mass is 9.86. The van der Waals surface area contributed by atoms with Crippen molar-refractivity contribution in [2.45, 2.75) is 45.6 Å². The highest BCUT2D eigenvalue weighted by atomic mass is 19.1. The second-order valence-electron chi connectivity index (χ2n) is 4.97. The van der Waals surface area contributed by atoms with Gasteiger partial charge in [-0.1, -0.05) is 13.0 Å². The van der Waals surface area contributed by atoms with Crippen LogP contribution in [0.15, 0.2) is 12.1 Å². The molecule has 2 rings (SSSR count). The van der Waals surface area contributed by atoms with Crippen molar-refractivity contribution in [2.75, 3.05) is 6.54 Å². The van der Waals surface area contributed by atoms with Crippen LogP contribution in [0, 0.1) is 12.7 Å². The minimum Gasteiger partial charge on any atom is -0.308 e. The molecule has 2 heteroatoms. The average molecular weight is 221 g/mol. The summed E-state index contributed by atoms with van der Waals surface area (Å²) in [5.74, 6) is -0.0645. The van der Waals surface area contributed by atoms with Crippen molar-refractivity contribution in [3.05, 3.63) is 34.6 Å². The number of hydrogen-bond acceptors (Lipinski definition) is 1.